The number of halogens is 2. The van der Waals surface area contributed by atoms with Crippen LogP contribution in [-0.4, -0.2) is 58.9 Å². The zero-order valence-corrected chi connectivity index (χ0v) is 24.2. The molecule has 5 aliphatic rings. The minimum absolute atomic E-state index is 0.0821. The number of anilines is 1. The number of piperazine rings is 1. The third-order valence-corrected chi connectivity index (χ3v) is 10.1. The van der Waals surface area contributed by atoms with E-state index < -0.39 is 11.6 Å². The van der Waals surface area contributed by atoms with E-state index in [1.807, 2.05) is 22.9 Å². The van der Waals surface area contributed by atoms with Gasteiger partial charge in [-0.05, 0) is 92.8 Å². The summed E-state index contributed by atoms with van der Waals surface area (Å²) in [7, 11) is 1.71. The van der Waals surface area contributed by atoms with Crippen molar-refractivity contribution in [3.63, 3.8) is 0 Å². The third-order valence-electron chi connectivity index (χ3n) is 9.76. The van der Waals surface area contributed by atoms with E-state index in [0.717, 1.165) is 62.7 Å². The van der Waals surface area contributed by atoms with E-state index >= 15 is 0 Å². The quantitative estimate of drug-likeness (QED) is 0.261. The molecule has 4 aliphatic carbocycles. The van der Waals surface area contributed by atoms with Gasteiger partial charge in [0.2, 0.25) is 4.77 Å². The number of ether oxygens (including phenoxy) is 1. The predicted octanol–water partition coefficient (Wildman–Crippen LogP) is 5.83. The number of benzene rings is 2. The molecule has 0 amide bonds. The zero-order chi connectivity index (χ0) is 28.1. The molecule has 3 aromatic rings. The van der Waals surface area contributed by atoms with Gasteiger partial charge in [-0.1, -0.05) is 18.2 Å². The summed E-state index contributed by atoms with van der Waals surface area (Å²) in [5.74, 6) is 2.60. The Labute approximate surface area is 244 Å². The molecule has 1 saturated heterocycles. The van der Waals surface area contributed by atoms with Crippen LogP contribution >= 0.6 is 12.2 Å². The molecule has 2 aromatic carbocycles. The Morgan fingerprint density at radius 2 is 1.59 bits per heavy atom. The largest absolute Gasteiger partial charge is 0.495 e. The molecule has 8 rings (SSSR count). The summed E-state index contributed by atoms with van der Waals surface area (Å²) in [6.45, 7) is 3.97. The summed E-state index contributed by atoms with van der Waals surface area (Å²) >= 11 is 5.96. The van der Waals surface area contributed by atoms with Crippen LogP contribution in [0.3, 0.4) is 0 Å². The Morgan fingerprint density at radius 3 is 2.22 bits per heavy atom. The molecule has 2 heterocycles. The fourth-order valence-electron chi connectivity index (χ4n) is 8.27. The minimum atomic E-state index is -0.642. The lowest BCUT2D eigenvalue weighted by Gasteiger charge is -2.55. The van der Waals surface area contributed by atoms with E-state index in [9.17, 15) is 8.78 Å². The first-order chi connectivity index (χ1) is 19.9. The van der Waals surface area contributed by atoms with Crippen molar-refractivity contribution in [2.45, 2.75) is 50.6 Å². The second-order valence-electron chi connectivity index (χ2n) is 12.4. The number of para-hydroxylation sites is 2. The van der Waals surface area contributed by atoms with Crippen LogP contribution in [-0.2, 0) is 12.1 Å². The monoisotopic (exact) mass is 578 g/mol. The molecular formula is C31H36F2N6OS. The summed E-state index contributed by atoms with van der Waals surface area (Å²) in [6.07, 6.45) is 8.45. The van der Waals surface area contributed by atoms with Gasteiger partial charge in [-0.3, -0.25) is 4.90 Å². The highest BCUT2D eigenvalue weighted by Gasteiger charge is 2.54. The van der Waals surface area contributed by atoms with Crippen molar-refractivity contribution < 1.29 is 13.5 Å². The number of hydrogen-bond acceptors (Lipinski definition) is 6. The molecule has 1 aromatic heterocycles. The van der Waals surface area contributed by atoms with E-state index in [4.69, 9.17) is 22.1 Å². The highest BCUT2D eigenvalue weighted by Crippen LogP contribution is 2.60. The maximum atomic E-state index is 14.5. The minimum Gasteiger partial charge on any atom is -0.495 e. The standard InChI is InChI=1S/C31H36F2N6OS/c1-40-28-8-3-2-7-27(28)37-11-9-36(10-12-37)20-38-30(41)39(34-19-24-25(32)5-4-6-26(24)33)29(35-38)31-16-21-13-22(17-31)15-23(14-21)18-31/h2-8,19,21-23H,9-18,20H2,1H3/b34-19+. The van der Waals surface area contributed by atoms with Crippen molar-refractivity contribution in [3.8, 4) is 5.75 Å². The van der Waals surface area contributed by atoms with Crippen LogP contribution in [0.4, 0.5) is 14.5 Å². The van der Waals surface area contributed by atoms with Gasteiger partial charge in [0.25, 0.3) is 0 Å². The number of rotatable bonds is 7. The first-order valence-corrected chi connectivity index (χ1v) is 15.1. The second kappa shape index (κ2) is 10.6. The summed E-state index contributed by atoms with van der Waals surface area (Å²) in [5, 5.41) is 9.78. The molecule has 0 atom stereocenters. The smallest absolute Gasteiger partial charge is 0.220 e. The molecule has 0 radical (unpaired) electrons. The summed E-state index contributed by atoms with van der Waals surface area (Å²) in [6, 6.07) is 12.0. The molecule has 1 aliphatic heterocycles. The van der Waals surface area contributed by atoms with Crippen molar-refractivity contribution in [3.05, 3.63) is 70.3 Å². The van der Waals surface area contributed by atoms with E-state index in [1.54, 1.807) is 11.8 Å². The lowest BCUT2D eigenvalue weighted by atomic mass is 9.49. The second-order valence-corrected chi connectivity index (χ2v) is 12.8. The molecular weight excluding hydrogens is 542 g/mol. The molecule has 7 nitrogen and oxygen atoms in total. The zero-order valence-electron chi connectivity index (χ0n) is 23.4. The van der Waals surface area contributed by atoms with Gasteiger partial charge in [0.15, 0.2) is 5.82 Å². The fourth-order valence-corrected chi connectivity index (χ4v) is 8.50. The van der Waals surface area contributed by atoms with Crippen molar-refractivity contribution in [1.29, 1.82) is 0 Å². The van der Waals surface area contributed by atoms with Gasteiger partial charge in [0, 0.05) is 31.6 Å². The normalized spacial score (nSPS) is 27.7. The van der Waals surface area contributed by atoms with Crippen LogP contribution in [0.2, 0.25) is 0 Å². The topological polar surface area (TPSA) is 50.8 Å². The summed E-state index contributed by atoms with van der Waals surface area (Å²) in [4.78, 5) is 4.70. The Balaban J connectivity index is 1.18. The van der Waals surface area contributed by atoms with Crippen molar-refractivity contribution >= 4 is 24.1 Å². The predicted molar refractivity (Wildman–Crippen MR) is 157 cm³/mol. The molecule has 4 bridgehead atoms. The number of nitrogens with zero attached hydrogens (tertiary/aromatic N) is 6. The third kappa shape index (κ3) is 4.88. The lowest BCUT2D eigenvalue weighted by molar-refractivity contribution is -0.0112. The van der Waals surface area contributed by atoms with Crippen LogP contribution < -0.4 is 9.64 Å². The molecule has 0 N–H and O–H groups in total. The highest BCUT2D eigenvalue weighted by molar-refractivity contribution is 7.71. The molecule has 41 heavy (non-hydrogen) atoms. The Morgan fingerprint density at radius 1 is 0.951 bits per heavy atom. The van der Waals surface area contributed by atoms with Crippen LogP contribution in [0.15, 0.2) is 47.6 Å². The maximum absolute atomic E-state index is 14.5. The Kier molecular flexibility index (Phi) is 6.93. The average Bonchev–Trinajstić information content (AvgIpc) is 3.28. The van der Waals surface area contributed by atoms with Gasteiger partial charge < -0.3 is 9.64 Å². The van der Waals surface area contributed by atoms with Gasteiger partial charge in [-0.15, -0.1) is 0 Å². The number of methoxy groups -OCH3 is 1. The molecule has 5 fully saturated rings. The van der Waals surface area contributed by atoms with E-state index in [2.05, 4.69) is 21.0 Å². The molecule has 0 spiro atoms. The SMILES string of the molecule is COc1ccccc1N1CCN(Cn2nc(C34CC5CC(CC(C5)C3)C4)n(/N=C/c3c(F)cccc3F)c2=S)CC1. The lowest BCUT2D eigenvalue weighted by Crippen LogP contribution is -2.49. The first-order valence-electron chi connectivity index (χ1n) is 14.7. The van der Waals surface area contributed by atoms with Crippen molar-refractivity contribution in [2.24, 2.45) is 22.9 Å². The van der Waals surface area contributed by atoms with Crippen LogP contribution in [0.1, 0.15) is 49.9 Å². The average molecular weight is 579 g/mol. The van der Waals surface area contributed by atoms with Crippen LogP contribution in [0, 0.1) is 34.2 Å². The summed E-state index contributed by atoms with van der Waals surface area (Å²) in [5.41, 5.74) is 0.863. The number of aromatic nitrogens is 3. The first kappa shape index (κ1) is 26.8. The molecule has 10 heteroatoms. The van der Waals surface area contributed by atoms with E-state index in [0.29, 0.717) is 29.2 Å². The summed E-state index contributed by atoms with van der Waals surface area (Å²) < 4.78 is 38.6. The van der Waals surface area contributed by atoms with Crippen molar-refractivity contribution in [1.82, 2.24) is 19.4 Å². The maximum Gasteiger partial charge on any atom is 0.220 e. The van der Waals surface area contributed by atoms with Crippen LogP contribution in [0.25, 0.3) is 0 Å². The van der Waals surface area contributed by atoms with Gasteiger partial charge in [0.05, 0.1) is 31.2 Å². The molecule has 0 unspecified atom stereocenters. The highest BCUT2D eigenvalue weighted by atomic mass is 32.1. The number of hydrogen-bond donors (Lipinski definition) is 0. The van der Waals surface area contributed by atoms with Gasteiger partial charge in [0.1, 0.15) is 17.4 Å². The molecule has 4 saturated carbocycles. The Bertz CT molecular complexity index is 1470. The van der Waals surface area contributed by atoms with Gasteiger partial charge in [-0.25, -0.2) is 13.5 Å². The van der Waals surface area contributed by atoms with Gasteiger partial charge >= 0.3 is 0 Å². The van der Waals surface area contributed by atoms with Gasteiger partial charge in [-0.2, -0.15) is 14.9 Å². The molecule has 216 valence electrons. The van der Waals surface area contributed by atoms with E-state index in [-0.39, 0.29) is 11.0 Å². The van der Waals surface area contributed by atoms with E-state index in [1.165, 1.54) is 43.7 Å². The Hall–Kier alpha value is -3.11. The fraction of sp³-hybridized carbons (Fsp3) is 0.516. The van der Waals surface area contributed by atoms with Crippen molar-refractivity contribution in [2.75, 3.05) is 38.2 Å². The van der Waals surface area contributed by atoms with Crippen LogP contribution in [0.5, 0.6) is 5.75 Å².